The fraction of sp³-hybridized carbons (Fsp3) is 0.0909. The van der Waals surface area contributed by atoms with Crippen LogP contribution in [0.4, 0.5) is 0 Å². The zero-order valence-electron chi connectivity index (χ0n) is 8.62. The van der Waals surface area contributed by atoms with Crippen LogP contribution in [0.2, 0.25) is 0 Å². The summed E-state index contributed by atoms with van der Waals surface area (Å²) in [4.78, 5) is 23.1. The lowest BCUT2D eigenvalue weighted by molar-refractivity contribution is 0.112. The van der Waals surface area contributed by atoms with Crippen molar-refractivity contribution in [3.63, 3.8) is 0 Å². The van der Waals surface area contributed by atoms with Crippen molar-refractivity contribution < 1.29 is 9.53 Å². The van der Waals surface area contributed by atoms with E-state index in [1.54, 1.807) is 30.7 Å². The lowest BCUT2D eigenvalue weighted by atomic mass is 10.1. The first-order valence-corrected chi connectivity index (χ1v) is 4.61. The van der Waals surface area contributed by atoms with Gasteiger partial charge >= 0.3 is 0 Å². The van der Waals surface area contributed by atoms with Gasteiger partial charge in [-0.2, -0.15) is 0 Å². The summed E-state index contributed by atoms with van der Waals surface area (Å²) in [6, 6.07) is 3.27. The van der Waals surface area contributed by atoms with E-state index in [1.807, 2.05) is 0 Å². The SMILES string of the molecule is COc1ccc(C=O)c(-c2cnccn2)n1. The minimum atomic E-state index is 0.436. The third-order valence-electron chi connectivity index (χ3n) is 2.04. The molecular formula is C11H9N3O2. The summed E-state index contributed by atoms with van der Waals surface area (Å²) >= 11 is 0. The first-order valence-electron chi connectivity index (χ1n) is 4.61. The quantitative estimate of drug-likeness (QED) is 0.723. The monoisotopic (exact) mass is 215 g/mol. The van der Waals surface area contributed by atoms with Crippen molar-refractivity contribution in [2.75, 3.05) is 7.11 Å². The Balaban J connectivity index is 2.57. The Labute approximate surface area is 92.2 Å². The summed E-state index contributed by atoms with van der Waals surface area (Å²) in [7, 11) is 1.52. The van der Waals surface area contributed by atoms with Gasteiger partial charge in [0, 0.05) is 24.0 Å². The zero-order chi connectivity index (χ0) is 11.4. The predicted octanol–water partition coefficient (Wildman–Crippen LogP) is 1.36. The van der Waals surface area contributed by atoms with E-state index >= 15 is 0 Å². The second kappa shape index (κ2) is 4.48. The smallest absolute Gasteiger partial charge is 0.213 e. The second-order valence-electron chi connectivity index (χ2n) is 3.00. The van der Waals surface area contributed by atoms with Gasteiger partial charge in [-0.05, 0) is 6.07 Å². The number of hydrogen-bond acceptors (Lipinski definition) is 5. The van der Waals surface area contributed by atoms with Crippen LogP contribution in [0.3, 0.4) is 0 Å². The van der Waals surface area contributed by atoms with Crippen LogP contribution in [0.5, 0.6) is 5.88 Å². The minimum absolute atomic E-state index is 0.436. The Morgan fingerprint density at radius 3 is 2.81 bits per heavy atom. The second-order valence-corrected chi connectivity index (χ2v) is 3.00. The van der Waals surface area contributed by atoms with Crippen molar-refractivity contribution in [1.82, 2.24) is 15.0 Å². The molecule has 0 spiro atoms. The number of pyridine rings is 1. The number of hydrogen-bond donors (Lipinski definition) is 0. The largest absolute Gasteiger partial charge is 0.481 e. The Morgan fingerprint density at radius 1 is 1.31 bits per heavy atom. The summed E-state index contributed by atoms with van der Waals surface area (Å²) in [5.41, 5.74) is 1.48. The van der Waals surface area contributed by atoms with Gasteiger partial charge in [-0.3, -0.25) is 14.8 Å². The Morgan fingerprint density at radius 2 is 2.19 bits per heavy atom. The van der Waals surface area contributed by atoms with Gasteiger partial charge in [0.1, 0.15) is 11.4 Å². The fourth-order valence-corrected chi connectivity index (χ4v) is 1.29. The van der Waals surface area contributed by atoms with Crippen LogP contribution >= 0.6 is 0 Å². The summed E-state index contributed by atoms with van der Waals surface area (Å²) in [6.45, 7) is 0. The highest BCUT2D eigenvalue weighted by Gasteiger charge is 2.09. The first kappa shape index (κ1) is 10.2. The molecule has 0 aliphatic heterocycles. The normalized spacial score (nSPS) is 9.81. The van der Waals surface area contributed by atoms with E-state index in [0.29, 0.717) is 22.8 Å². The zero-order valence-corrected chi connectivity index (χ0v) is 8.62. The number of aldehydes is 1. The van der Waals surface area contributed by atoms with E-state index in [0.717, 1.165) is 6.29 Å². The van der Waals surface area contributed by atoms with Crippen molar-refractivity contribution in [2.24, 2.45) is 0 Å². The molecule has 16 heavy (non-hydrogen) atoms. The maximum absolute atomic E-state index is 10.9. The molecule has 0 radical (unpaired) electrons. The molecule has 0 fully saturated rings. The van der Waals surface area contributed by atoms with E-state index < -0.39 is 0 Å². The molecule has 80 valence electrons. The van der Waals surface area contributed by atoms with Gasteiger partial charge in [0.05, 0.1) is 13.3 Å². The highest BCUT2D eigenvalue weighted by atomic mass is 16.5. The fourth-order valence-electron chi connectivity index (χ4n) is 1.29. The van der Waals surface area contributed by atoms with Gasteiger partial charge in [0.2, 0.25) is 5.88 Å². The Bertz CT molecular complexity index is 500. The van der Waals surface area contributed by atoms with Crippen molar-refractivity contribution in [3.8, 4) is 17.3 Å². The van der Waals surface area contributed by atoms with Gasteiger partial charge in [-0.25, -0.2) is 4.98 Å². The molecule has 0 amide bonds. The number of carbonyl (C=O) groups is 1. The van der Waals surface area contributed by atoms with Gasteiger partial charge in [-0.15, -0.1) is 0 Å². The van der Waals surface area contributed by atoms with Crippen LogP contribution in [0.1, 0.15) is 10.4 Å². The Hall–Kier alpha value is -2.30. The molecule has 5 heteroatoms. The third kappa shape index (κ3) is 1.88. The summed E-state index contributed by atoms with van der Waals surface area (Å²) in [5, 5.41) is 0. The molecule has 0 aliphatic rings. The van der Waals surface area contributed by atoms with E-state index in [-0.39, 0.29) is 0 Å². The summed E-state index contributed by atoms with van der Waals surface area (Å²) < 4.78 is 5.00. The standard InChI is InChI=1S/C11H9N3O2/c1-16-10-3-2-8(7-15)11(14-10)9-6-12-4-5-13-9/h2-7H,1H3. The predicted molar refractivity (Wildman–Crippen MR) is 57.2 cm³/mol. The number of ether oxygens (including phenoxy) is 1. The van der Waals surface area contributed by atoms with Crippen LogP contribution in [0, 0.1) is 0 Å². The van der Waals surface area contributed by atoms with Crippen molar-refractivity contribution >= 4 is 6.29 Å². The Kier molecular flexibility index (Phi) is 2.86. The molecule has 2 aromatic rings. The van der Waals surface area contributed by atoms with Gasteiger partial charge in [0.15, 0.2) is 6.29 Å². The lowest BCUT2D eigenvalue weighted by Gasteiger charge is -2.04. The molecule has 0 bridgehead atoms. The third-order valence-corrected chi connectivity index (χ3v) is 2.04. The van der Waals surface area contributed by atoms with Crippen molar-refractivity contribution in [2.45, 2.75) is 0 Å². The summed E-state index contributed by atoms with van der Waals surface area (Å²) in [5.74, 6) is 0.436. The molecule has 2 rings (SSSR count). The van der Waals surface area contributed by atoms with Crippen LogP contribution < -0.4 is 4.74 Å². The topological polar surface area (TPSA) is 65.0 Å². The average Bonchev–Trinajstić information content (AvgIpc) is 2.39. The molecule has 5 nitrogen and oxygen atoms in total. The molecule has 2 heterocycles. The van der Waals surface area contributed by atoms with Crippen LogP contribution in [0.15, 0.2) is 30.7 Å². The highest BCUT2D eigenvalue weighted by molar-refractivity contribution is 5.84. The molecule has 0 aliphatic carbocycles. The van der Waals surface area contributed by atoms with E-state index in [2.05, 4.69) is 15.0 Å². The maximum atomic E-state index is 10.9. The number of nitrogens with zero attached hydrogens (tertiary/aromatic N) is 3. The maximum Gasteiger partial charge on any atom is 0.213 e. The number of methoxy groups -OCH3 is 1. The highest BCUT2D eigenvalue weighted by Crippen LogP contribution is 2.20. The molecule has 0 N–H and O–H groups in total. The van der Waals surface area contributed by atoms with Crippen molar-refractivity contribution in [1.29, 1.82) is 0 Å². The molecule has 0 saturated carbocycles. The van der Waals surface area contributed by atoms with E-state index in [9.17, 15) is 4.79 Å². The molecule has 0 unspecified atom stereocenters. The van der Waals surface area contributed by atoms with Gasteiger partial charge < -0.3 is 4.74 Å². The van der Waals surface area contributed by atoms with Crippen LogP contribution in [0.25, 0.3) is 11.4 Å². The van der Waals surface area contributed by atoms with Gasteiger partial charge in [-0.1, -0.05) is 0 Å². The molecule has 2 aromatic heterocycles. The lowest BCUT2D eigenvalue weighted by Crippen LogP contribution is -1.97. The van der Waals surface area contributed by atoms with Crippen LogP contribution in [-0.2, 0) is 0 Å². The molecule has 0 atom stereocenters. The first-order chi connectivity index (χ1) is 7.85. The molecule has 0 saturated heterocycles. The van der Waals surface area contributed by atoms with Crippen LogP contribution in [-0.4, -0.2) is 28.3 Å². The van der Waals surface area contributed by atoms with Gasteiger partial charge in [0.25, 0.3) is 0 Å². The van der Waals surface area contributed by atoms with E-state index in [1.165, 1.54) is 7.11 Å². The summed E-state index contributed by atoms with van der Waals surface area (Å²) in [6.07, 6.45) is 5.39. The number of aromatic nitrogens is 3. The van der Waals surface area contributed by atoms with Crippen molar-refractivity contribution in [3.05, 3.63) is 36.3 Å². The molecular weight excluding hydrogens is 206 g/mol. The molecule has 0 aromatic carbocycles. The van der Waals surface area contributed by atoms with E-state index in [4.69, 9.17) is 4.74 Å². The average molecular weight is 215 g/mol. The number of rotatable bonds is 3. The minimum Gasteiger partial charge on any atom is -0.481 e. The number of carbonyl (C=O) groups excluding carboxylic acids is 1.